The van der Waals surface area contributed by atoms with E-state index in [-0.39, 0.29) is 6.04 Å². The summed E-state index contributed by atoms with van der Waals surface area (Å²) in [7, 11) is 0. The summed E-state index contributed by atoms with van der Waals surface area (Å²) in [4.78, 5) is 6.51. The maximum absolute atomic E-state index is 14.2. The minimum absolute atomic E-state index is 0.180. The Balaban J connectivity index is 1.46. The average molecular weight is 399 g/mol. The Morgan fingerprint density at radius 1 is 1.14 bits per heavy atom. The summed E-state index contributed by atoms with van der Waals surface area (Å²) in [6.07, 6.45) is 5.27. The standard InChI is InChI=1S/C21H23F2N5O/c22-17-1-2-18(19(23)11-17)21-16(13-26-27-21)12-25-14-20(15-3-5-24-6-4-15)28-7-9-29-10-8-28/h1-6,11,13,20,25H,7-10,12,14H2,(H,26,27)/t20-/m1/s1. The number of morpholine rings is 1. The molecule has 0 spiro atoms. The fourth-order valence-electron chi connectivity index (χ4n) is 3.65. The van der Waals surface area contributed by atoms with Crippen LogP contribution < -0.4 is 5.32 Å². The van der Waals surface area contributed by atoms with Gasteiger partial charge in [0.2, 0.25) is 0 Å². The van der Waals surface area contributed by atoms with Crippen molar-refractivity contribution >= 4 is 0 Å². The number of nitrogens with one attached hydrogen (secondary N) is 2. The summed E-state index contributed by atoms with van der Waals surface area (Å²) >= 11 is 0. The smallest absolute Gasteiger partial charge is 0.135 e. The van der Waals surface area contributed by atoms with Gasteiger partial charge in [0.1, 0.15) is 11.6 Å². The van der Waals surface area contributed by atoms with Gasteiger partial charge in [0, 0.05) is 61.8 Å². The number of pyridine rings is 1. The van der Waals surface area contributed by atoms with Crippen molar-refractivity contribution in [3.05, 3.63) is 71.7 Å². The molecule has 0 radical (unpaired) electrons. The number of aromatic amines is 1. The molecule has 1 aliphatic rings. The Hall–Kier alpha value is -2.68. The van der Waals surface area contributed by atoms with Gasteiger partial charge >= 0.3 is 0 Å². The van der Waals surface area contributed by atoms with Crippen LogP contribution in [-0.4, -0.2) is 52.9 Å². The Bertz CT molecular complexity index is 928. The minimum Gasteiger partial charge on any atom is -0.379 e. The maximum Gasteiger partial charge on any atom is 0.135 e. The van der Waals surface area contributed by atoms with E-state index in [9.17, 15) is 8.78 Å². The zero-order valence-corrected chi connectivity index (χ0v) is 15.9. The van der Waals surface area contributed by atoms with E-state index in [1.165, 1.54) is 17.7 Å². The van der Waals surface area contributed by atoms with Crippen LogP contribution in [0.1, 0.15) is 17.2 Å². The van der Waals surface area contributed by atoms with Crippen LogP contribution in [0.15, 0.2) is 48.9 Å². The van der Waals surface area contributed by atoms with Crippen molar-refractivity contribution in [2.24, 2.45) is 0 Å². The third kappa shape index (κ3) is 4.67. The number of hydrogen-bond donors (Lipinski definition) is 2. The van der Waals surface area contributed by atoms with Gasteiger partial charge in [-0.25, -0.2) is 8.78 Å². The van der Waals surface area contributed by atoms with Crippen molar-refractivity contribution in [1.29, 1.82) is 0 Å². The topological polar surface area (TPSA) is 66.1 Å². The summed E-state index contributed by atoms with van der Waals surface area (Å²) < 4.78 is 32.9. The Labute approximate surface area is 167 Å². The molecule has 1 aromatic carbocycles. The first-order valence-electron chi connectivity index (χ1n) is 9.62. The van der Waals surface area contributed by atoms with Crippen LogP contribution in [0.25, 0.3) is 11.3 Å². The zero-order valence-electron chi connectivity index (χ0n) is 15.9. The van der Waals surface area contributed by atoms with E-state index in [4.69, 9.17) is 4.74 Å². The fraction of sp³-hybridized carbons (Fsp3) is 0.333. The van der Waals surface area contributed by atoms with Crippen molar-refractivity contribution in [3.63, 3.8) is 0 Å². The molecule has 29 heavy (non-hydrogen) atoms. The number of ether oxygens (including phenoxy) is 1. The monoisotopic (exact) mass is 399 g/mol. The molecule has 1 fully saturated rings. The van der Waals surface area contributed by atoms with E-state index in [0.717, 1.165) is 37.9 Å². The Morgan fingerprint density at radius 3 is 2.69 bits per heavy atom. The van der Waals surface area contributed by atoms with E-state index in [2.05, 4.69) is 25.4 Å². The van der Waals surface area contributed by atoms with E-state index in [1.807, 2.05) is 12.1 Å². The predicted octanol–water partition coefficient (Wildman–Crippen LogP) is 2.91. The number of H-pyrrole nitrogens is 1. The normalized spacial score (nSPS) is 16.1. The first kappa shape index (κ1) is 19.6. The first-order chi connectivity index (χ1) is 14.2. The molecule has 152 valence electrons. The number of benzene rings is 1. The number of hydrogen-bond acceptors (Lipinski definition) is 5. The van der Waals surface area contributed by atoms with Gasteiger partial charge in [0.05, 0.1) is 25.1 Å². The van der Waals surface area contributed by atoms with Crippen LogP contribution in [0, 0.1) is 11.6 Å². The molecule has 3 heterocycles. The second kappa shape index (κ2) is 9.21. The van der Waals surface area contributed by atoms with Crippen LogP contribution in [0.2, 0.25) is 0 Å². The van der Waals surface area contributed by atoms with Crippen LogP contribution in [-0.2, 0) is 11.3 Å². The molecular weight excluding hydrogens is 376 g/mol. The van der Waals surface area contributed by atoms with Gasteiger partial charge in [0.25, 0.3) is 0 Å². The molecule has 0 bridgehead atoms. The lowest BCUT2D eigenvalue weighted by Crippen LogP contribution is -2.42. The van der Waals surface area contributed by atoms with Gasteiger partial charge in [-0.05, 0) is 29.8 Å². The van der Waals surface area contributed by atoms with Crippen LogP contribution >= 0.6 is 0 Å². The van der Waals surface area contributed by atoms with Crippen LogP contribution in [0.4, 0.5) is 8.78 Å². The van der Waals surface area contributed by atoms with Crippen molar-refractivity contribution in [2.75, 3.05) is 32.8 Å². The second-order valence-corrected chi connectivity index (χ2v) is 6.97. The van der Waals surface area contributed by atoms with Gasteiger partial charge in [0.15, 0.2) is 0 Å². The van der Waals surface area contributed by atoms with Crippen molar-refractivity contribution in [2.45, 2.75) is 12.6 Å². The van der Waals surface area contributed by atoms with Crippen molar-refractivity contribution in [3.8, 4) is 11.3 Å². The molecule has 0 saturated carbocycles. The molecule has 8 heteroatoms. The van der Waals surface area contributed by atoms with Gasteiger partial charge in [-0.2, -0.15) is 5.10 Å². The van der Waals surface area contributed by atoms with Gasteiger partial charge < -0.3 is 10.1 Å². The first-order valence-corrected chi connectivity index (χ1v) is 9.62. The predicted molar refractivity (Wildman–Crippen MR) is 105 cm³/mol. The molecule has 2 aromatic heterocycles. The number of nitrogens with zero attached hydrogens (tertiary/aromatic N) is 3. The number of halogens is 2. The number of rotatable bonds is 7. The molecule has 0 unspecified atom stereocenters. The molecule has 6 nitrogen and oxygen atoms in total. The van der Waals surface area contributed by atoms with Crippen LogP contribution in [0.5, 0.6) is 0 Å². The molecular formula is C21H23F2N5O. The molecule has 1 atom stereocenters. The second-order valence-electron chi connectivity index (χ2n) is 6.97. The Kier molecular flexibility index (Phi) is 6.24. The molecule has 1 aliphatic heterocycles. The summed E-state index contributed by atoms with van der Waals surface area (Å²) in [5.74, 6) is -1.21. The highest BCUT2D eigenvalue weighted by Gasteiger charge is 2.22. The van der Waals surface area contributed by atoms with E-state index in [0.29, 0.717) is 24.3 Å². The lowest BCUT2D eigenvalue weighted by Gasteiger charge is -2.35. The molecule has 0 amide bonds. The molecule has 2 N–H and O–H groups in total. The SMILES string of the molecule is Fc1ccc(-c2[nH]ncc2CNC[C@H](c2ccncc2)N2CCOCC2)c(F)c1. The average Bonchev–Trinajstić information content (AvgIpc) is 3.21. The van der Waals surface area contributed by atoms with E-state index < -0.39 is 11.6 Å². The lowest BCUT2D eigenvalue weighted by molar-refractivity contribution is 0.0161. The van der Waals surface area contributed by atoms with E-state index in [1.54, 1.807) is 18.6 Å². The molecule has 1 saturated heterocycles. The lowest BCUT2D eigenvalue weighted by atomic mass is 10.1. The van der Waals surface area contributed by atoms with Crippen molar-refractivity contribution in [1.82, 2.24) is 25.4 Å². The van der Waals surface area contributed by atoms with Gasteiger partial charge in [-0.3, -0.25) is 15.0 Å². The summed E-state index contributed by atoms with van der Waals surface area (Å²) in [5.41, 5.74) is 2.87. The summed E-state index contributed by atoms with van der Waals surface area (Å²) in [6, 6.07) is 7.78. The van der Waals surface area contributed by atoms with Gasteiger partial charge in [-0.1, -0.05) is 0 Å². The number of aromatic nitrogens is 3. The largest absolute Gasteiger partial charge is 0.379 e. The van der Waals surface area contributed by atoms with Crippen molar-refractivity contribution < 1.29 is 13.5 Å². The quantitative estimate of drug-likeness (QED) is 0.640. The fourth-order valence-corrected chi connectivity index (χ4v) is 3.65. The van der Waals surface area contributed by atoms with Gasteiger partial charge in [-0.15, -0.1) is 0 Å². The van der Waals surface area contributed by atoms with E-state index >= 15 is 0 Å². The summed E-state index contributed by atoms with van der Waals surface area (Å²) in [5, 5.41) is 10.3. The Morgan fingerprint density at radius 2 is 1.93 bits per heavy atom. The summed E-state index contributed by atoms with van der Waals surface area (Å²) in [6.45, 7) is 4.39. The maximum atomic E-state index is 14.2. The van der Waals surface area contributed by atoms with Crippen LogP contribution in [0.3, 0.4) is 0 Å². The third-order valence-corrected chi connectivity index (χ3v) is 5.15. The molecule has 3 aromatic rings. The highest BCUT2D eigenvalue weighted by atomic mass is 19.1. The molecule has 4 rings (SSSR count). The highest BCUT2D eigenvalue weighted by molar-refractivity contribution is 5.63. The zero-order chi connectivity index (χ0) is 20.1. The molecule has 0 aliphatic carbocycles. The highest BCUT2D eigenvalue weighted by Crippen LogP contribution is 2.25. The third-order valence-electron chi connectivity index (χ3n) is 5.15. The minimum atomic E-state index is -0.613.